The molecule has 1 aromatic carbocycles. The summed E-state index contributed by atoms with van der Waals surface area (Å²) in [6.45, 7) is 0.618. The van der Waals surface area contributed by atoms with Crippen molar-refractivity contribution in [1.29, 1.82) is 0 Å². The van der Waals surface area contributed by atoms with Gasteiger partial charge in [-0.3, -0.25) is 0 Å². The highest BCUT2D eigenvalue weighted by Gasteiger charge is 2.21. The average molecular weight is 274 g/mol. The van der Waals surface area contributed by atoms with Crippen LogP contribution in [0, 0.1) is 0 Å². The van der Waals surface area contributed by atoms with E-state index in [9.17, 15) is 8.42 Å². The second kappa shape index (κ2) is 6.03. The van der Waals surface area contributed by atoms with E-state index in [2.05, 4.69) is 0 Å². The molecule has 0 saturated carbocycles. The molecule has 0 saturated heterocycles. The normalized spacial score (nSPS) is 11.8. The van der Waals surface area contributed by atoms with Gasteiger partial charge in [-0.05, 0) is 12.1 Å². The zero-order valence-corrected chi connectivity index (χ0v) is 11.5. The van der Waals surface area contributed by atoms with Crippen LogP contribution < -0.4 is 10.5 Å². The first-order chi connectivity index (χ1) is 8.43. The number of benzene rings is 1. The molecule has 0 heterocycles. The number of hydrogen-bond donors (Lipinski definition) is 1. The van der Waals surface area contributed by atoms with Crippen LogP contribution in [-0.2, 0) is 14.8 Å². The van der Waals surface area contributed by atoms with Gasteiger partial charge in [0.1, 0.15) is 5.75 Å². The molecular formula is C11H18N2O4S. The quantitative estimate of drug-likeness (QED) is 0.766. The number of anilines is 1. The highest BCUT2D eigenvalue weighted by Crippen LogP contribution is 2.26. The van der Waals surface area contributed by atoms with Gasteiger partial charge in [-0.25, -0.2) is 8.42 Å². The number of hydrogen-bond acceptors (Lipinski definition) is 5. The Kier molecular flexibility index (Phi) is 4.94. The van der Waals surface area contributed by atoms with Crippen LogP contribution in [0.5, 0.6) is 5.75 Å². The molecule has 0 aliphatic heterocycles. The minimum absolute atomic E-state index is 0.146. The van der Waals surface area contributed by atoms with E-state index in [4.69, 9.17) is 15.2 Å². The van der Waals surface area contributed by atoms with Crippen LogP contribution in [0.4, 0.5) is 5.69 Å². The summed E-state index contributed by atoms with van der Waals surface area (Å²) in [6.07, 6.45) is 0. The van der Waals surface area contributed by atoms with Gasteiger partial charge in [0, 0.05) is 26.8 Å². The number of rotatable bonds is 6. The van der Waals surface area contributed by atoms with E-state index < -0.39 is 10.0 Å². The average Bonchev–Trinajstić information content (AvgIpc) is 2.36. The minimum Gasteiger partial charge on any atom is -0.495 e. The SMILES string of the molecule is COCCN(C)S(=O)(=O)c1ccc(N)c(OC)c1. The number of nitrogens with two attached hydrogens (primary N) is 1. The third-order valence-electron chi connectivity index (χ3n) is 2.52. The van der Waals surface area contributed by atoms with Gasteiger partial charge < -0.3 is 15.2 Å². The van der Waals surface area contributed by atoms with Gasteiger partial charge in [0.2, 0.25) is 10.0 Å². The van der Waals surface area contributed by atoms with Gasteiger partial charge in [0.25, 0.3) is 0 Å². The molecule has 0 atom stereocenters. The molecule has 0 aliphatic rings. The Hall–Kier alpha value is -1.31. The predicted molar refractivity (Wildman–Crippen MR) is 69.1 cm³/mol. The lowest BCUT2D eigenvalue weighted by Gasteiger charge is -2.17. The molecule has 0 amide bonds. The Bertz CT molecular complexity index is 502. The molecule has 0 bridgehead atoms. The topological polar surface area (TPSA) is 81.9 Å². The van der Waals surface area contributed by atoms with Gasteiger partial charge in [0.15, 0.2) is 0 Å². The smallest absolute Gasteiger partial charge is 0.243 e. The second-order valence-electron chi connectivity index (χ2n) is 3.72. The lowest BCUT2D eigenvalue weighted by Crippen LogP contribution is -2.30. The molecular weight excluding hydrogens is 256 g/mol. The number of sulfonamides is 1. The molecule has 0 spiro atoms. The molecule has 7 heteroatoms. The summed E-state index contributed by atoms with van der Waals surface area (Å²) < 4.78 is 35.5. The fourth-order valence-corrected chi connectivity index (χ4v) is 2.54. The fourth-order valence-electron chi connectivity index (χ4n) is 1.37. The summed E-state index contributed by atoms with van der Waals surface area (Å²) in [5, 5.41) is 0. The van der Waals surface area contributed by atoms with Crippen molar-refractivity contribution in [3.63, 3.8) is 0 Å². The molecule has 6 nitrogen and oxygen atoms in total. The first-order valence-corrected chi connectivity index (χ1v) is 6.76. The minimum atomic E-state index is -3.54. The molecule has 0 radical (unpaired) electrons. The van der Waals surface area contributed by atoms with Crippen LogP contribution in [0.3, 0.4) is 0 Å². The largest absolute Gasteiger partial charge is 0.495 e. The van der Waals surface area contributed by atoms with Crippen LogP contribution in [-0.4, -0.2) is 47.1 Å². The summed E-state index contributed by atoms with van der Waals surface area (Å²) in [6, 6.07) is 4.38. The number of likely N-dealkylation sites (N-methyl/N-ethyl adjacent to an activating group) is 1. The van der Waals surface area contributed by atoms with Crippen LogP contribution in [0.1, 0.15) is 0 Å². The highest BCUT2D eigenvalue weighted by atomic mass is 32.2. The number of ether oxygens (including phenoxy) is 2. The lowest BCUT2D eigenvalue weighted by atomic mass is 10.3. The zero-order valence-electron chi connectivity index (χ0n) is 10.7. The molecule has 0 aromatic heterocycles. The van der Waals surface area contributed by atoms with E-state index in [1.54, 1.807) is 0 Å². The maximum atomic E-state index is 12.2. The molecule has 0 aliphatic carbocycles. The van der Waals surface area contributed by atoms with E-state index >= 15 is 0 Å². The first-order valence-electron chi connectivity index (χ1n) is 5.32. The van der Waals surface area contributed by atoms with Crippen LogP contribution >= 0.6 is 0 Å². The molecule has 0 unspecified atom stereocenters. The summed E-state index contributed by atoms with van der Waals surface area (Å²) in [5.74, 6) is 0.344. The van der Waals surface area contributed by atoms with Gasteiger partial charge in [-0.15, -0.1) is 0 Å². The third-order valence-corrected chi connectivity index (χ3v) is 4.38. The molecule has 1 aromatic rings. The summed E-state index contributed by atoms with van der Waals surface area (Å²) in [5.41, 5.74) is 6.05. The molecule has 18 heavy (non-hydrogen) atoms. The standard InChI is InChI=1S/C11H18N2O4S/c1-13(6-7-16-2)18(14,15)9-4-5-10(12)11(8-9)17-3/h4-5,8H,6-7,12H2,1-3H3. The Morgan fingerprint density at radius 2 is 2.00 bits per heavy atom. The van der Waals surface area contributed by atoms with Crippen LogP contribution in [0.2, 0.25) is 0 Å². The third kappa shape index (κ3) is 3.12. The lowest BCUT2D eigenvalue weighted by molar-refractivity contribution is 0.185. The maximum absolute atomic E-state index is 12.2. The van der Waals surface area contributed by atoms with E-state index in [0.29, 0.717) is 18.0 Å². The van der Waals surface area contributed by atoms with Crippen molar-refractivity contribution < 1.29 is 17.9 Å². The summed E-state index contributed by atoms with van der Waals surface area (Å²) >= 11 is 0. The van der Waals surface area contributed by atoms with Crippen molar-refractivity contribution in [2.24, 2.45) is 0 Å². The summed E-state index contributed by atoms with van der Waals surface area (Å²) in [4.78, 5) is 0.146. The van der Waals surface area contributed by atoms with Crippen molar-refractivity contribution in [1.82, 2.24) is 4.31 Å². The Morgan fingerprint density at radius 3 is 2.56 bits per heavy atom. The maximum Gasteiger partial charge on any atom is 0.243 e. The van der Waals surface area contributed by atoms with E-state index in [1.807, 2.05) is 0 Å². The van der Waals surface area contributed by atoms with Crippen molar-refractivity contribution in [2.75, 3.05) is 40.2 Å². The van der Waals surface area contributed by atoms with Crippen LogP contribution in [0.25, 0.3) is 0 Å². The monoisotopic (exact) mass is 274 g/mol. The molecule has 102 valence electrons. The Balaban J connectivity index is 3.05. The van der Waals surface area contributed by atoms with E-state index in [1.165, 1.54) is 43.8 Å². The number of methoxy groups -OCH3 is 2. The van der Waals surface area contributed by atoms with Gasteiger partial charge in [-0.1, -0.05) is 0 Å². The molecule has 1 rings (SSSR count). The summed E-state index contributed by atoms with van der Waals surface area (Å²) in [7, 11) is 0.916. The van der Waals surface area contributed by atoms with E-state index in [0.717, 1.165) is 0 Å². The Labute approximate surface area is 107 Å². The first kappa shape index (κ1) is 14.7. The fraction of sp³-hybridized carbons (Fsp3) is 0.455. The Morgan fingerprint density at radius 1 is 1.33 bits per heavy atom. The number of nitrogens with zero attached hydrogens (tertiary/aromatic N) is 1. The van der Waals surface area contributed by atoms with Gasteiger partial charge in [0.05, 0.1) is 24.3 Å². The predicted octanol–water partition coefficient (Wildman–Crippen LogP) is 0.544. The molecule has 0 fully saturated rings. The molecule has 2 N–H and O–H groups in total. The highest BCUT2D eigenvalue weighted by molar-refractivity contribution is 7.89. The van der Waals surface area contributed by atoms with Gasteiger partial charge in [-0.2, -0.15) is 4.31 Å². The van der Waals surface area contributed by atoms with Crippen LogP contribution in [0.15, 0.2) is 23.1 Å². The number of nitrogen functional groups attached to an aromatic ring is 1. The van der Waals surface area contributed by atoms with Gasteiger partial charge >= 0.3 is 0 Å². The van der Waals surface area contributed by atoms with Crippen molar-refractivity contribution in [3.8, 4) is 5.75 Å². The van der Waals surface area contributed by atoms with Crippen molar-refractivity contribution in [2.45, 2.75) is 4.90 Å². The zero-order chi connectivity index (χ0) is 13.8. The van der Waals surface area contributed by atoms with Crippen molar-refractivity contribution in [3.05, 3.63) is 18.2 Å². The second-order valence-corrected chi connectivity index (χ2v) is 5.77. The van der Waals surface area contributed by atoms with Crippen molar-refractivity contribution >= 4 is 15.7 Å². The van der Waals surface area contributed by atoms with E-state index in [-0.39, 0.29) is 11.4 Å².